The molecular formula is C15H22N2O2. The van der Waals surface area contributed by atoms with Crippen molar-refractivity contribution in [2.24, 2.45) is 0 Å². The van der Waals surface area contributed by atoms with Crippen LogP contribution in [-0.4, -0.2) is 25.2 Å². The molecule has 1 saturated carbocycles. The number of hydrogen-bond donors (Lipinski definition) is 2. The molecule has 0 aliphatic heterocycles. The van der Waals surface area contributed by atoms with Gasteiger partial charge < -0.3 is 15.4 Å². The highest BCUT2D eigenvalue weighted by molar-refractivity contribution is 5.74. The molecule has 2 N–H and O–H groups in total. The Morgan fingerprint density at radius 2 is 2.21 bits per heavy atom. The number of benzene rings is 1. The first kappa shape index (κ1) is 13.7. The summed E-state index contributed by atoms with van der Waals surface area (Å²) in [7, 11) is 0. The van der Waals surface area contributed by atoms with Gasteiger partial charge in [0.2, 0.25) is 0 Å². The first-order valence-corrected chi connectivity index (χ1v) is 6.92. The van der Waals surface area contributed by atoms with Crippen molar-refractivity contribution in [1.82, 2.24) is 10.6 Å². The fourth-order valence-corrected chi connectivity index (χ4v) is 1.76. The van der Waals surface area contributed by atoms with Crippen LogP contribution in [0.4, 0.5) is 4.79 Å². The van der Waals surface area contributed by atoms with E-state index in [9.17, 15) is 4.79 Å². The zero-order valence-electron chi connectivity index (χ0n) is 11.6. The fourth-order valence-electron chi connectivity index (χ4n) is 1.76. The van der Waals surface area contributed by atoms with Gasteiger partial charge in [0.05, 0.1) is 6.54 Å². The Morgan fingerprint density at radius 3 is 2.89 bits per heavy atom. The molecule has 0 saturated heterocycles. The molecule has 1 fully saturated rings. The van der Waals surface area contributed by atoms with E-state index in [2.05, 4.69) is 36.6 Å². The summed E-state index contributed by atoms with van der Waals surface area (Å²) in [6.45, 7) is 5.32. The van der Waals surface area contributed by atoms with E-state index >= 15 is 0 Å². The molecule has 0 heterocycles. The molecule has 4 heteroatoms. The van der Waals surface area contributed by atoms with Crippen molar-refractivity contribution in [2.45, 2.75) is 38.6 Å². The van der Waals surface area contributed by atoms with E-state index in [-0.39, 0.29) is 6.03 Å². The largest absolute Gasteiger partial charge is 0.492 e. The Morgan fingerprint density at radius 1 is 1.42 bits per heavy atom. The van der Waals surface area contributed by atoms with Crippen molar-refractivity contribution >= 4 is 6.03 Å². The highest BCUT2D eigenvalue weighted by atomic mass is 16.5. The predicted octanol–water partition coefficient (Wildman–Crippen LogP) is 2.65. The first-order chi connectivity index (χ1) is 9.15. The second-order valence-electron chi connectivity index (χ2n) is 5.25. The smallest absolute Gasteiger partial charge is 0.315 e. The minimum atomic E-state index is -0.0953. The van der Waals surface area contributed by atoms with Crippen LogP contribution in [0, 0.1) is 0 Å². The molecule has 0 aromatic heterocycles. The van der Waals surface area contributed by atoms with Gasteiger partial charge in [0.1, 0.15) is 12.4 Å². The zero-order chi connectivity index (χ0) is 13.7. The standard InChI is InChI=1S/C15H22N2O2/c1-11(2)12-4-3-5-14(10-12)19-9-8-16-15(18)17-13-6-7-13/h3-5,10-11,13H,6-9H2,1-2H3,(H2,16,17,18). The number of rotatable bonds is 6. The molecule has 19 heavy (non-hydrogen) atoms. The van der Waals surface area contributed by atoms with Crippen molar-refractivity contribution in [2.75, 3.05) is 13.2 Å². The summed E-state index contributed by atoms with van der Waals surface area (Å²) >= 11 is 0. The van der Waals surface area contributed by atoms with Crippen LogP contribution in [0.3, 0.4) is 0 Å². The quantitative estimate of drug-likeness (QED) is 0.774. The number of urea groups is 1. The van der Waals surface area contributed by atoms with Gasteiger partial charge in [-0.05, 0) is 36.5 Å². The van der Waals surface area contributed by atoms with Gasteiger partial charge in [0.25, 0.3) is 0 Å². The molecule has 4 nitrogen and oxygen atoms in total. The van der Waals surface area contributed by atoms with Crippen molar-refractivity contribution < 1.29 is 9.53 Å². The third-order valence-electron chi connectivity index (χ3n) is 3.09. The lowest BCUT2D eigenvalue weighted by Gasteiger charge is -2.11. The van der Waals surface area contributed by atoms with E-state index in [0.717, 1.165) is 18.6 Å². The van der Waals surface area contributed by atoms with E-state index in [1.807, 2.05) is 12.1 Å². The van der Waals surface area contributed by atoms with Crippen molar-refractivity contribution in [1.29, 1.82) is 0 Å². The molecule has 0 unspecified atom stereocenters. The van der Waals surface area contributed by atoms with Crippen LogP contribution in [-0.2, 0) is 0 Å². The topological polar surface area (TPSA) is 50.4 Å². The highest BCUT2D eigenvalue weighted by Gasteiger charge is 2.22. The van der Waals surface area contributed by atoms with Crippen molar-refractivity contribution in [3.63, 3.8) is 0 Å². The summed E-state index contributed by atoms with van der Waals surface area (Å²) in [4.78, 5) is 11.4. The molecule has 1 aromatic carbocycles. The van der Waals surface area contributed by atoms with Gasteiger partial charge in [-0.3, -0.25) is 0 Å². The van der Waals surface area contributed by atoms with Crippen molar-refractivity contribution in [3.8, 4) is 5.75 Å². The summed E-state index contributed by atoms with van der Waals surface area (Å²) in [6, 6.07) is 8.38. The van der Waals surface area contributed by atoms with Gasteiger partial charge in [0.15, 0.2) is 0 Å². The maximum Gasteiger partial charge on any atom is 0.315 e. The van der Waals surface area contributed by atoms with E-state index in [1.165, 1.54) is 5.56 Å². The SMILES string of the molecule is CC(C)c1cccc(OCCNC(=O)NC2CC2)c1. The maximum atomic E-state index is 11.4. The average molecular weight is 262 g/mol. The highest BCUT2D eigenvalue weighted by Crippen LogP contribution is 2.20. The van der Waals surface area contributed by atoms with Gasteiger partial charge in [0, 0.05) is 6.04 Å². The van der Waals surface area contributed by atoms with Crippen molar-refractivity contribution in [3.05, 3.63) is 29.8 Å². The Hall–Kier alpha value is -1.71. The average Bonchev–Trinajstić information content (AvgIpc) is 3.19. The Kier molecular flexibility index (Phi) is 4.66. The summed E-state index contributed by atoms with van der Waals surface area (Å²) in [5.74, 6) is 1.35. The number of nitrogens with one attached hydrogen (secondary N) is 2. The molecule has 1 aliphatic rings. The molecule has 0 atom stereocenters. The van der Waals surface area contributed by atoms with Gasteiger partial charge in [-0.2, -0.15) is 0 Å². The maximum absolute atomic E-state index is 11.4. The Labute approximate surface area is 114 Å². The van der Waals surface area contributed by atoms with Crippen LogP contribution in [0.1, 0.15) is 38.2 Å². The van der Waals surface area contributed by atoms with Gasteiger partial charge in [-0.15, -0.1) is 0 Å². The minimum absolute atomic E-state index is 0.0953. The molecule has 104 valence electrons. The van der Waals surface area contributed by atoms with E-state index < -0.39 is 0 Å². The molecule has 1 aliphatic carbocycles. The second kappa shape index (κ2) is 6.45. The number of carbonyl (C=O) groups excluding carboxylic acids is 1. The van der Waals surface area contributed by atoms with Crippen LogP contribution < -0.4 is 15.4 Å². The summed E-state index contributed by atoms with van der Waals surface area (Å²) in [5.41, 5.74) is 1.26. The lowest BCUT2D eigenvalue weighted by molar-refractivity contribution is 0.236. The van der Waals surface area contributed by atoms with E-state index in [4.69, 9.17) is 4.74 Å². The van der Waals surface area contributed by atoms with Crippen LogP contribution in [0.25, 0.3) is 0 Å². The predicted molar refractivity (Wildman–Crippen MR) is 75.6 cm³/mol. The van der Waals surface area contributed by atoms with Crippen LogP contribution in [0.15, 0.2) is 24.3 Å². The fraction of sp³-hybridized carbons (Fsp3) is 0.533. The summed E-state index contributed by atoms with van der Waals surface area (Å²) in [5, 5.41) is 5.66. The molecule has 2 amide bonds. The lowest BCUT2D eigenvalue weighted by Crippen LogP contribution is -2.38. The normalized spacial score (nSPS) is 14.3. The first-order valence-electron chi connectivity index (χ1n) is 6.92. The molecule has 0 bridgehead atoms. The number of carbonyl (C=O) groups is 1. The summed E-state index contributed by atoms with van der Waals surface area (Å²) < 4.78 is 5.63. The van der Waals surface area contributed by atoms with E-state index in [1.54, 1.807) is 0 Å². The summed E-state index contributed by atoms with van der Waals surface area (Å²) in [6.07, 6.45) is 2.21. The Balaban J connectivity index is 1.67. The number of ether oxygens (including phenoxy) is 1. The molecule has 0 spiro atoms. The molecule has 1 aromatic rings. The van der Waals surface area contributed by atoms with Crippen LogP contribution in [0.2, 0.25) is 0 Å². The third kappa shape index (κ3) is 4.81. The monoisotopic (exact) mass is 262 g/mol. The number of hydrogen-bond acceptors (Lipinski definition) is 2. The van der Waals surface area contributed by atoms with Gasteiger partial charge in [-0.1, -0.05) is 26.0 Å². The van der Waals surface area contributed by atoms with Crippen LogP contribution >= 0.6 is 0 Å². The minimum Gasteiger partial charge on any atom is -0.492 e. The second-order valence-corrected chi connectivity index (χ2v) is 5.25. The Bertz CT molecular complexity index is 428. The van der Waals surface area contributed by atoms with Gasteiger partial charge >= 0.3 is 6.03 Å². The lowest BCUT2D eigenvalue weighted by atomic mass is 10.0. The molecule has 2 rings (SSSR count). The van der Waals surface area contributed by atoms with E-state index in [0.29, 0.717) is 25.1 Å². The van der Waals surface area contributed by atoms with Gasteiger partial charge in [-0.25, -0.2) is 4.79 Å². The number of amides is 2. The zero-order valence-corrected chi connectivity index (χ0v) is 11.6. The molecular weight excluding hydrogens is 240 g/mol. The van der Waals surface area contributed by atoms with Crippen LogP contribution in [0.5, 0.6) is 5.75 Å². The molecule has 0 radical (unpaired) electrons. The third-order valence-corrected chi connectivity index (χ3v) is 3.09.